The number of hydrogen-bond donors (Lipinski definition) is 1. The molecule has 0 spiro atoms. The Bertz CT molecular complexity index is 880. The average molecular weight is 431 g/mol. The maximum Gasteiger partial charge on any atom is 0.261 e. The number of nitrogens with zero attached hydrogens (tertiary/aromatic N) is 1. The second-order valence-corrected chi connectivity index (χ2v) is 6.98. The molecule has 7 heteroatoms. The first-order valence-corrected chi connectivity index (χ1v) is 9.47. The van der Waals surface area contributed by atoms with Crippen molar-refractivity contribution >= 4 is 39.3 Å². The van der Waals surface area contributed by atoms with Gasteiger partial charge in [0.05, 0.1) is 17.7 Å². The van der Waals surface area contributed by atoms with Crippen LogP contribution in [0.1, 0.15) is 40.5 Å². The SMILES string of the molecule is CCOc1ccc(NC(=O)CCCN2C(=O)c3ccc(Br)cc3C2=O)cc1. The Morgan fingerprint density at radius 3 is 2.48 bits per heavy atom. The van der Waals surface area contributed by atoms with Crippen LogP contribution in [0.4, 0.5) is 5.69 Å². The van der Waals surface area contributed by atoms with Crippen molar-refractivity contribution in [3.8, 4) is 5.75 Å². The molecule has 1 N–H and O–H groups in total. The molecule has 0 fully saturated rings. The van der Waals surface area contributed by atoms with Gasteiger partial charge in [0, 0.05) is 23.1 Å². The number of benzene rings is 2. The number of carbonyl (C=O) groups excluding carboxylic acids is 3. The van der Waals surface area contributed by atoms with Gasteiger partial charge in [-0.15, -0.1) is 0 Å². The van der Waals surface area contributed by atoms with E-state index >= 15 is 0 Å². The highest BCUT2D eigenvalue weighted by Gasteiger charge is 2.35. The molecule has 27 heavy (non-hydrogen) atoms. The van der Waals surface area contributed by atoms with Crippen LogP contribution >= 0.6 is 15.9 Å². The molecule has 0 bridgehead atoms. The zero-order chi connectivity index (χ0) is 19.4. The van der Waals surface area contributed by atoms with E-state index in [0.29, 0.717) is 29.8 Å². The van der Waals surface area contributed by atoms with Crippen molar-refractivity contribution in [2.45, 2.75) is 19.8 Å². The number of hydrogen-bond acceptors (Lipinski definition) is 4. The lowest BCUT2D eigenvalue weighted by Crippen LogP contribution is -2.31. The molecule has 3 rings (SSSR count). The molecule has 0 unspecified atom stereocenters. The van der Waals surface area contributed by atoms with E-state index in [1.54, 1.807) is 42.5 Å². The minimum Gasteiger partial charge on any atom is -0.494 e. The molecule has 3 amide bonds. The van der Waals surface area contributed by atoms with E-state index in [-0.39, 0.29) is 30.7 Å². The summed E-state index contributed by atoms with van der Waals surface area (Å²) in [5.41, 5.74) is 1.48. The quantitative estimate of drug-likeness (QED) is 0.676. The molecule has 0 aromatic heterocycles. The normalized spacial score (nSPS) is 12.9. The second kappa shape index (κ2) is 8.35. The van der Waals surface area contributed by atoms with Gasteiger partial charge < -0.3 is 10.1 Å². The van der Waals surface area contributed by atoms with E-state index in [4.69, 9.17) is 4.74 Å². The van der Waals surface area contributed by atoms with Crippen molar-refractivity contribution in [3.05, 3.63) is 58.1 Å². The van der Waals surface area contributed by atoms with Gasteiger partial charge in [-0.25, -0.2) is 0 Å². The maximum absolute atomic E-state index is 12.4. The Balaban J connectivity index is 1.50. The fourth-order valence-electron chi connectivity index (χ4n) is 2.89. The lowest BCUT2D eigenvalue weighted by atomic mass is 10.1. The Kier molecular flexibility index (Phi) is 5.91. The van der Waals surface area contributed by atoms with Crippen LogP contribution in [0, 0.1) is 0 Å². The Labute approximate surface area is 165 Å². The predicted octanol–water partition coefficient (Wildman–Crippen LogP) is 3.86. The first-order chi connectivity index (χ1) is 13.0. The van der Waals surface area contributed by atoms with Gasteiger partial charge in [0.15, 0.2) is 0 Å². The number of anilines is 1. The monoisotopic (exact) mass is 430 g/mol. The van der Waals surface area contributed by atoms with Crippen LogP contribution in [-0.2, 0) is 4.79 Å². The van der Waals surface area contributed by atoms with Crippen LogP contribution in [-0.4, -0.2) is 35.8 Å². The van der Waals surface area contributed by atoms with Crippen LogP contribution < -0.4 is 10.1 Å². The van der Waals surface area contributed by atoms with Crippen LogP contribution in [0.5, 0.6) is 5.75 Å². The Hall–Kier alpha value is -2.67. The summed E-state index contributed by atoms with van der Waals surface area (Å²) in [6.07, 6.45) is 0.611. The number of fused-ring (bicyclic) bond motifs is 1. The zero-order valence-corrected chi connectivity index (χ0v) is 16.4. The van der Waals surface area contributed by atoms with Crippen molar-refractivity contribution < 1.29 is 19.1 Å². The largest absolute Gasteiger partial charge is 0.494 e. The van der Waals surface area contributed by atoms with Crippen LogP contribution in [0.15, 0.2) is 46.9 Å². The molecule has 6 nitrogen and oxygen atoms in total. The fourth-order valence-corrected chi connectivity index (χ4v) is 3.25. The van der Waals surface area contributed by atoms with Crippen molar-refractivity contribution in [2.24, 2.45) is 0 Å². The van der Waals surface area contributed by atoms with E-state index in [1.807, 2.05) is 6.92 Å². The third-order valence-corrected chi connectivity index (χ3v) is 4.66. The Morgan fingerprint density at radius 2 is 1.78 bits per heavy atom. The highest BCUT2D eigenvalue weighted by molar-refractivity contribution is 9.10. The zero-order valence-electron chi connectivity index (χ0n) is 14.8. The number of amides is 3. The molecular formula is C20H19BrN2O4. The number of nitrogens with one attached hydrogen (secondary N) is 1. The molecule has 1 aliphatic rings. The lowest BCUT2D eigenvalue weighted by molar-refractivity contribution is -0.116. The maximum atomic E-state index is 12.4. The van der Waals surface area contributed by atoms with Gasteiger partial charge in [0.2, 0.25) is 5.91 Å². The van der Waals surface area contributed by atoms with Crippen molar-refractivity contribution in [1.82, 2.24) is 4.90 Å². The first-order valence-electron chi connectivity index (χ1n) is 8.68. The summed E-state index contributed by atoms with van der Waals surface area (Å²) in [4.78, 5) is 38.0. The number of halogens is 1. The molecule has 2 aromatic carbocycles. The molecule has 140 valence electrons. The smallest absolute Gasteiger partial charge is 0.261 e. The minimum absolute atomic E-state index is 0.168. The molecule has 0 saturated heterocycles. The van der Waals surface area contributed by atoms with Gasteiger partial charge in [0.25, 0.3) is 11.8 Å². The summed E-state index contributed by atoms with van der Waals surface area (Å²) < 4.78 is 6.11. The Morgan fingerprint density at radius 1 is 1.07 bits per heavy atom. The number of rotatable bonds is 7. The standard InChI is InChI=1S/C20H19BrN2O4/c1-2-27-15-8-6-14(7-9-15)22-18(24)4-3-11-23-19(25)16-10-5-13(21)12-17(16)20(23)26/h5-10,12H,2-4,11H2,1H3,(H,22,24). The second-order valence-electron chi connectivity index (χ2n) is 6.06. The van der Waals surface area contributed by atoms with Gasteiger partial charge in [0.1, 0.15) is 5.75 Å². The third-order valence-electron chi connectivity index (χ3n) is 4.17. The van der Waals surface area contributed by atoms with Crippen molar-refractivity contribution in [2.75, 3.05) is 18.5 Å². The topological polar surface area (TPSA) is 75.7 Å². The van der Waals surface area contributed by atoms with Crippen molar-refractivity contribution in [1.29, 1.82) is 0 Å². The molecule has 1 aliphatic heterocycles. The van der Waals surface area contributed by atoms with E-state index in [0.717, 1.165) is 10.2 Å². The lowest BCUT2D eigenvalue weighted by Gasteiger charge is -2.13. The van der Waals surface area contributed by atoms with E-state index < -0.39 is 0 Å². The molecule has 0 radical (unpaired) electrons. The molecule has 0 atom stereocenters. The van der Waals surface area contributed by atoms with Gasteiger partial charge in [-0.1, -0.05) is 15.9 Å². The predicted molar refractivity (Wildman–Crippen MR) is 105 cm³/mol. The summed E-state index contributed by atoms with van der Waals surface area (Å²) >= 11 is 3.31. The summed E-state index contributed by atoms with van der Waals surface area (Å²) in [5.74, 6) is -0.0519. The number of carbonyl (C=O) groups is 3. The summed E-state index contributed by atoms with van der Waals surface area (Å²) in [5, 5.41) is 2.79. The number of imide groups is 1. The summed E-state index contributed by atoms with van der Waals surface area (Å²) in [7, 11) is 0. The fraction of sp³-hybridized carbons (Fsp3) is 0.250. The van der Waals surface area contributed by atoms with Gasteiger partial charge in [-0.3, -0.25) is 19.3 Å². The summed E-state index contributed by atoms with van der Waals surface area (Å²) in [6.45, 7) is 2.70. The molecular weight excluding hydrogens is 412 g/mol. The average Bonchev–Trinajstić information content (AvgIpc) is 2.88. The van der Waals surface area contributed by atoms with Crippen LogP contribution in [0.2, 0.25) is 0 Å². The molecule has 2 aromatic rings. The molecule has 0 saturated carbocycles. The third kappa shape index (κ3) is 4.36. The number of ether oxygens (including phenoxy) is 1. The van der Waals surface area contributed by atoms with E-state index in [2.05, 4.69) is 21.2 Å². The van der Waals surface area contributed by atoms with Gasteiger partial charge >= 0.3 is 0 Å². The van der Waals surface area contributed by atoms with Crippen molar-refractivity contribution in [3.63, 3.8) is 0 Å². The van der Waals surface area contributed by atoms with Crippen LogP contribution in [0.25, 0.3) is 0 Å². The highest BCUT2D eigenvalue weighted by Crippen LogP contribution is 2.26. The molecule has 1 heterocycles. The van der Waals surface area contributed by atoms with Gasteiger partial charge in [-0.05, 0) is 55.8 Å². The highest BCUT2D eigenvalue weighted by atomic mass is 79.9. The van der Waals surface area contributed by atoms with E-state index in [1.165, 1.54) is 4.90 Å². The minimum atomic E-state index is -0.316. The first kappa shape index (κ1) is 19.1. The van der Waals surface area contributed by atoms with E-state index in [9.17, 15) is 14.4 Å². The summed E-state index contributed by atoms with van der Waals surface area (Å²) in [6, 6.07) is 12.1. The van der Waals surface area contributed by atoms with Crippen LogP contribution in [0.3, 0.4) is 0 Å². The van der Waals surface area contributed by atoms with Gasteiger partial charge in [-0.2, -0.15) is 0 Å². The molecule has 0 aliphatic carbocycles.